The van der Waals surface area contributed by atoms with Crippen molar-refractivity contribution >= 4 is 62.2 Å². The van der Waals surface area contributed by atoms with Crippen LogP contribution in [0.5, 0.6) is 0 Å². The molecule has 2 amide bonds. The molecule has 3 rings (SSSR count). The first kappa shape index (κ1) is 19.9. The van der Waals surface area contributed by atoms with Crippen molar-refractivity contribution in [2.45, 2.75) is 11.3 Å². The summed E-state index contributed by atoms with van der Waals surface area (Å²) in [6.07, 6.45) is 1.59. The van der Waals surface area contributed by atoms with Crippen molar-refractivity contribution in [3.05, 3.63) is 51.0 Å². The van der Waals surface area contributed by atoms with Gasteiger partial charge in [-0.1, -0.05) is 29.2 Å². The fraction of sp³-hybridized carbons (Fsp3) is 0.133. The van der Waals surface area contributed by atoms with Gasteiger partial charge in [0.1, 0.15) is 0 Å². The summed E-state index contributed by atoms with van der Waals surface area (Å²) in [5.74, 6) is -0.630. The van der Waals surface area contributed by atoms with Gasteiger partial charge in [0.05, 0.1) is 10.7 Å². The molecule has 13 heteroatoms. The number of nitro groups is 1. The molecule has 144 valence electrons. The highest BCUT2D eigenvalue weighted by Crippen LogP contribution is 2.27. The highest BCUT2D eigenvalue weighted by Gasteiger charge is 2.19. The first-order chi connectivity index (χ1) is 13.4. The van der Waals surface area contributed by atoms with E-state index in [1.807, 2.05) is 0 Å². The molecular weight excluding hydrogens is 424 g/mol. The molecule has 0 aliphatic heterocycles. The summed E-state index contributed by atoms with van der Waals surface area (Å²) in [6.45, 7) is 1.51. The molecule has 0 bridgehead atoms. The van der Waals surface area contributed by atoms with Gasteiger partial charge < -0.3 is 5.32 Å². The Kier molecular flexibility index (Phi) is 6.28. The monoisotopic (exact) mass is 436 g/mol. The van der Waals surface area contributed by atoms with Crippen LogP contribution in [0.15, 0.2) is 34.1 Å². The molecule has 0 fully saturated rings. The zero-order chi connectivity index (χ0) is 20.1. The standard InChI is InChI=1S/C15H12N6O4S3/c1-8-9(3-2-4-10(8)21(24)25)12(23)18-14-19-20-15(28-14)27-7-11(22)17-13-16-5-6-26-13/h2-6H,7H2,1H3,(H,16,17,22)(H,18,19,23). The molecule has 28 heavy (non-hydrogen) atoms. The Hall–Kier alpha value is -2.90. The van der Waals surface area contributed by atoms with Gasteiger partial charge in [-0.2, -0.15) is 0 Å². The third-order valence-electron chi connectivity index (χ3n) is 3.38. The van der Waals surface area contributed by atoms with Gasteiger partial charge in [0.2, 0.25) is 11.0 Å². The van der Waals surface area contributed by atoms with E-state index in [1.54, 1.807) is 11.6 Å². The number of nitrogens with zero attached hydrogens (tertiary/aromatic N) is 4. The molecule has 0 saturated carbocycles. The third-order valence-corrected chi connectivity index (χ3v) is 6.04. The Morgan fingerprint density at radius 1 is 1.25 bits per heavy atom. The first-order valence-corrected chi connectivity index (χ1v) is 10.3. The van der Waals surface area contributed by atoms with Crippen molar-refractivity contribution in [2.75, 3.05) is 16.4 Å². The minimum Gasteiger partial charge on any atom is -0.301 e. The molecular formula is C15H12N6O4S3. The van der Waals surface area contributed by atoms with Gasteiger partial charge in [-0.15, -0.1) is 21.5 Å². The fourth-order valence-electron chi connectivity index (χ4n) is 2.12. The lowest BCUT2D eigenvalue weighted by Gasteiger charge is -2.05. The summed E-state index contributed by atoms with van der Waals surface area (Å²) in [6, 6.07) is 4.28. The molecule has 2 aromatic heterocycles. The van der Waals surface area contributed by atoms with Crippen LogP contribution >= 0.6 is 34.4 Å². The zero-order valence-corrected chi connectivity index (χ0v) is 16.7. The van der Waals surface area contributed by atoms with Gasteiger partial charge in [0, 0.05) is 28.8 Å². The predicted octanol–water partition coefficient (Wildman–Crippen LogP) is 3.19. The van der Waals surface area contributed by atoms with Crippen LogP contribution in [0.25, 0.3) is 0 Å². The predicted molar refractivity (Wildman–Crippen MR) is 107 cm³/mol. The molecule has 0 spiro atoms. The summed E-state index contributed by atoms with van der Waals surface area (Å²) in [5.41, 5.74) is 0.316. The molecule has 0 radical (unpaired) electrons. The second kappa shape index (κ2) is 8.86. The van der Waals surface area contributed by atoms with E-state index in [9.17, 15) is 19.7 Å². The highest BCUT2D eigenvalue weighted by molar-refractivity contribution is 8.01. The number of nitrogens with one attached hydrogen (secondary N) is 2. The highest BCUT2D eigenvalue weighted by atomic mass is 32.2. The Labute approximate surface area is 170 Å². The maximum Gasteiger partial charge on any atom is 0.273 e. The van der Waals surface area contributed by atoms with Gasteiger partial charge in [-0.25, -0.2) is 4.98 Å². The van der Waals surface area contributed by atoms with Crippen LogP contribution in [0, 0.1) is 17.0 Å². The zero-order valence-electron chi connectivity index (χ0n) is 14.2. The number of carbonyl (C=O) groups excluding carboxylic acids is 2. The van der Waals surface area contributed by atoms with Crippen LogP contribution < -0.4 is 10.6 Å². The van der Waals surface area contributed by atoms with Gasteiger partial charge >= 0.3 is 0 Å². The average molecular weight is 437 g/mol. The molecule has 3 aromatic rings. The molecule has 0 aliphatic rings. The Balaban J connectivity index is 1.58. The minimum atomic E-state index is -0.539. The molecule has 0 atom stereocenters. The van der Waals surface area contributed by atoms with E-state index >= 15 is 0 Å². The lowest BCUT2D eigenvalue weighted by molar-refractivity contribution is -0.385. The fourth-order valence-corrected chi connectivity index (χ4v) is 4.21. The Bertz CT molecular complexity index is 1020. The number of rotatable bonds is 7. The quantitative estimate of drug-likeness (QED) is 0.249. The van der Waals surface area contributed by atoms with E-state index in [2.05, 4.69) is 25.8 Å². The smallest absolute Gasteiger partial charge is 0.273 e. The number of hydrogen-bond donors (Lipinski definition) is 2. The van der Waals surface area contributed by atoms with Crippen molar-refractivity contribution < 1.29 is 14.5 Å². The number of thiazole rings is 1. The number of anilines is 2. The van der Waals surface area contributed by atoms with Crippen LogP contribution in [-0.4, -0.2) is 37.7 Å². The lowest BCUT2D eigenvalue weighted by atomic mass is 10.1. The maximum absolute atomic E-state index is 12.4. The van der Waals surface area contributed by atoms with E-state index in [4.69, 9.17) is 0 Å². The lowest BCUT2D eigenvalue weighted by Crippen LogP contribution is -2.14. The van der Waals surface area contributed by atoms with Crippen LogP contribution in [0.4, 0.5) is 16.0 Å². The van der Waals surface area contributed by atoms with Crippen molar-refractivity contribution in [1.29, 1.82) is 0 Å². The summed E-state index contributed by atoms with van der Waals surface area (Å²) >= 11 is 3.60. The minimum absolute atomic E-state index is 0.117. The number of benzene rings is 1. The molecule has 2 N–H and O–H groups in total. The van der Waals surface area contributed by atoms with Crippen LogP contribution in [0.3, 0.4) is 0 Å². The number of carbonyl (C=O) groups is 2. The van der Waals surface area contributed by atoms with Crippen LogP contribution in [0.1, 0.15) is 15.9 Å². The topological polar surface area (TPSA) is 140 Å². The van der Waals surface area contributed by atoms with Gasteiger partial charge in [0.15, 0.2) is 9.47 Å². The van der Waals surface area contributed by atoms with Gasteiger partial charge in [-0.3, -0.25) is 25.0 Å². The number of amides is 2. The number of aromatic nitrogens is 3. The molecule has 0 saturated heterocycles. The molecule has 0 aliphatic carbocycles. The molecule has 0 unspecified atom stereocenters. The van der Waals surface area contributed by atoms with Crippen LogP contribution in [-0.2, 0) is 4.79 Å². The van der Waals surface area contributed by atoms with E-state index in [0.717, 1.165) is 11.3 Å². The normalized spacial score (nSPS) is 10.5. The van der Waals surface area contributed by atoms with Crippen molar-refractivity contribution in [1.82, 2.24) is 15.2 Å². The third kappa shape index (κ3) is 4.88. The number of thioether (sulfide) groups is 1. The molecule has 1 aromatic carbocycles. The Morgan fingerprint density at radius 3 is 2.79 bits per heavy atom. The average Bonchev–Trinajstić information content (AvgIpc) is 3.32. The van der Waals surface area contributed by atoms with Crippen molar-refractivity contribution in [3.63, 3.8) is 0 Å². The molecule has 10 nitrogen and oxygen atoms in total. The summed E-state index contributed by atoms with van der Waals surface area (Å²) < 4.78 is 0.500. The van der Waals surface area contributed by atoms with Gasteiger partial charge in [0.25, 0.3) is 11.6 Å². The van der Waals surface area contributed by atoms with E-state index in [0.29, 0.717) is 9.47 Å². The Morgan fingerprint density at radius 2 is 2.07 bits per heavy atom. The van der Waals surface area contributed by atoms with E-state index in [-0.39, 0.29) is 33.6 Å². The summed E-state index contributed by atoms with van der Waals surface area (Å²) in [7, 11) is 0. The van der Waals surface area contributed by atoms with Gasteiger partial charge in [-0.05, 0) is 13.0 Å². The van der Waals surface area contributed by atoms with Crippen molar-refractivity contribution in [3.8, 4) is 0 Å². The van der Waals surface area contributed by atoms with Crippen molar-refractivity contribution in [2.24, 2.45) is 0 Å². The summed E-state index contributed by atoms with van der Waals surface area (Å²) in [4.78, 5) is 38.7. The summed E-state index contributed by atoms with van der Waals surface area (Å²) in [5, 5.41) is 26.5. The van der Waals surface area contributed by atoms with E-state index in [1.165, 1.54) is 48.2 Å². The largest absolute Gasteiger partial charge is 0.301 e. The molecule has 2 heterocycles. The first-order valence-electron chi connectivity index (χ1n) is 7.65. The second-order valence-corrected chi connectivity index (χ2v) is 8.30. The number of nitro benzene ring substituents is 1. The van der Waals surface area contributed by atoms with E-state index < -0.39 is 10.8 Å². The maximum atomic E-state index is 12.4. The second-order valence-electron chi connectivity index (χ2n) is 5.21. The van der Waals surface area contributed by atoms with Crippen LogP contribution in [0.2, 0.25) is 0 Å². The SMILES string of the molecule is Cc1c(C(=O)Nc2nnc(SCC(=O)Nc3nccs3)s2)cccc1[N+](=O)[O-]. The number of hydrogen-bond acceptors (Lipinski definition) is 10.